The molecule has 2 aromatic rings. The minimum absolute atomic E-state index is 0.273. The molecule has 0 saturated heterocycles. The van der Waals surface area contributed by atoms with E-state index in [1.165, 1.54) is 0 Å². The highest BCUT2D eigenvalue weighted by Crippen LogP contribution is 2.26. The molecular formula is C16H16F2N2OS2. The topological polar surface area (TPSA) is 44.3 Å². The predicted octanol–water partition coefficient (Wildman–Crippen LogP) is 4.02. The van der Waals surface area contributed by atoms with E-state index in [0.29, 0.717) is 27.5 Å². The van der Waals surface area contributed by atoms with Crippen molar-refractivity contribution >= 4 is 34.8 Å². The zero-order valence-electron chi connectivity index (χ0n) is 12.1. The molecule has 3 nitrogen and oxygen atoms in total. The van der Waals surface area contributed by atoms with Gasteiger partial charge in [0.2, 0.25) is 0 Å². The average molecular weight is 354 g/mol. The molecule has 0 aliphatic heterocycles. The molecule has 0 radical (unpaired) electrons. The summed E-state index contributed by atoms with van der Waals surface area (Å²) in [5, 5.41) is 16.3. The summed E-state index contributed by atoms with van der Waals surface area (Å²) in [5.74, 6) is -2.43. The van der Waals surface area contributed by atoms with Crippen molar-refractivity contribution in [1.29, 1.82) is 0 Å². The third kappa shape index (κ3) is 6.13. The van der Waals surface area contributed by atoms with Crippen molar-refractivity contribution in [2.75, 3.05) is 11.9 Å². The number of rotatable bonds is 6. The van der Waals surface area contributed by atoms with Crippen molar-refractivity contribution in [1.82, 2.24) is 5.32 Å². The van der Waals surface area contributed by atoms with Crippen molar-refractivity contribution in [3.05, 3.63) is 60.2 Å². The van der Waals surface area contributed by atoms with Gasteiger partial charge < -0.3 is 15.7 Å². The number of alkyl halides is 2. The highest BCUT2D eigenvalue weighted by atomic mass is 32.2. The number of halogens is 2. The molecular weight excluding hydrogens is 338 g/mol. The number of aliphatic hydroxyl groups is 1. The number of thiocarbonyl (C=S) groups is 1. The van der Waals surface area contributed by atoms with E-state index < -0.39 is 11.9 Å². The van der Waals surface area contributed by atoms with Crippen LogP contribution >= 0.6 is 24.0 Å². The third-order valence-electron chi connectivity index (χ3n) is 2.98. The molecule has 0 bridgehead atoms. The van der Waals surface area contributed by atoms with E-state index in [-0.39, 0.29) is 6.54 Å². The highest BCUT2D eigenvalue weighted by Gasteiger charge is 2.08. The fraction of sp³-hybridized carbons (Fsp3) is 0.188. The molecule has 3 N–H and O–H groups in total. The summed E-state index contributed by atoms with van der Waals surface area (Å²) in [4.78, 5) is 0.490. The maximum absolute atomic E-state index is 12.2. The van der Waals surface area contributed by atoms with E-state index in [9.17, 15) is 13.9 Å². The lowest BCUT2D eigenvalue weighted by Crippen LogP contribution is -2.32. The smallest absolute Gasteiger partial charge is 0.288 e. The molecule has 0 unspecified atom stereocenters. The van der Waals surface area contributed by atoms with Crippen molar-refractivity contribution in [3.63, 3.8) is 0 Å². The van der Waals surface area contributed by atoms with Crippen molar-refractivity contribution in [2.24, 2.45) is 0 Å². The van der Waals surface area contributed by atoms with Crippen LogP contribution in [-0.4, -0.2) is 22.5 Å². The average Bonchev–Trinajstić information content (AvgIpc) is 2.55. The summed E-state index contributed by atoms with van der Waals surface area (Å²) in [6.45, 7) is 0.273. The molecule has 2 aromatic carbocycles. The molecule has 0 aromatic heterocycles. The number of nitrogens with one attached hydrogen (secondary N) is 2. The quantitative estimate of drug-likeness (QED) is 0.540. The molecule has 0 aliphatic rings. The van der Waals surface area contributed by atoms with Crippen LogP contribution in [0.25, 0.3) is 0 Å². The molecule has 122 valence electrons. The first-order valence-electron chi connectivity index (χ1n) is 6.87. The largest absolute Gasteiger partial charge is 0.387 e. The van der Waals surface area contributed by atoms with Gasteiger partial charge in [0.1, 0.15) is 0 Å². The van der Waals surface area contributed by atoms with Crippen LogP contribution in [0.15, 0.2) is 59.5 Å². The Labute approximate surface area is 143 Å². The minimum Gasteiger partial charge on any atom is -0.387 e. The summed E-state index contributed by atoms with van der Waals surface area (Å²) in [7, 11) is 0. The summed E-state index contributed by atoms with van der Waals surface area (Å²) in [6, 6.07) is 15.8. The molecule has 1 atom stereocenters. The number of anilines is 1. The first-order chi connectivity index (χ1) is 11.0. The van der Waals surface area contributed by atoms with Gasteiger partial charge in [0.25, 0.3) is 5.76 Å². The molecule has 0 spiro atoms. The van der Waals surface area contributed by atoms with Gasteiger partial charge in [-0.2, -0.15) is 8.78 Å². The van der Waals surface area contributed by atoms with Crippen LogP contribution in [0.2, 0.25) is 0 Å². The molecule has 7 heteroatoms. The third-order valence-corrected chi connectivity index (χ3v) is 3.95. The number of aliphatic hydroxyl groups excluding tert-OH is 1. The van der Waals surface area contributed by atoms with Crippen LogP contribution in [-0.2, 0) is 0 Å². The Hall–Kier alpha value is -1.70. The van der Waals surface area contributed by atoms with Gasteiger partial charge >= 0.3 is 0 Å². The first kappa shape index (κ1) is 17.7. The molecule has 0 heterocycles. The van der Waals surface area contributed by atoms with Gasteiger partial charge in [0.15, 0.2) is 5.11 Å². The molecule has 23 heavy (non-hydrogen) atoms. The van der Waals surface area contributed by atoms with Crippen LogP contribution in [0.3, 0.4) is 0 Å². The SMILES string of the molecule is O[C@H](CNC(=S)Nc1ccc(SC(F)F)cc1)c1ccccc1. The fourth-order valence-electron chi connectivity index (χ4n) is 1.88. The van der Waals surface area contributed by atoms with Crippen molar-refractivity contribution in [3.8, 4) is 0 Å². The number of hydrogen-bond acceptors (Lipinski definition) is 3. The highest BCUT2D eigenvalue weighted by molar-refractivity contribution is 7.99. The molecule has 2 rings (SSSR count). The zero-order chi connectivity index (χ0) is 16.7. The Bertz CT molecular complexity index is 624. The van der Waals surface area contributed by atoms with Crippen LogP contribution in [0.5, 0.6) is 0 Å². The number of hydrogen-bond donors (Lipinski definition) is 3. The summed E-state index contributed by atoms with van der Waals surface area (Å²) in [6.07, 6.45) is -0.666. The van der Waals surface area contributed by atoms with E-state index in [2.05, 4.69) is 10.6 Å². The van der Waals surface area contributed by atoms with Gasteiger partial charge in [-0.1, -0.05) is 42.1 Å². The van der Waals surface area contributed by atoms with Gasteiger partial charge in [0.05, 0.1) is 6.10 Å². The Morgan fingerprint density at radius 2 is 1.74 bits per heavy atom. The Morgan fingerprint density at radius 1 is 1.09 bits per heavy atom. The molecule has 0 saturated carbocycles. The second-order valence-electron chi connectivity index (χ2n) is 4.66. The van der Waals surface area contributed by atoms with Gasteiger partial charge in [-0.25, -0.2) is 0 Å². The summed E-state index contributed by atoms with van der Waals surface area (Å²) < 4.78 is 24.5. The fourth-order valence-corrected chi connectivity index (χ4v) is 2.58. The minimum atomic E-state index is -2.43. The van der Waals surface area contributed by atoms with E-state index in [1.54, 1.807) is 24.3 Å². The molecule has 0 aliphatic carbocycles. The Kier molecular flexibility index (Phi) is 6.76. The lowest BCUT2D eigenvalue weighted by Gasteiger charge is -2.15. The van der Waals surface area contributed by atoms with Gasteiger partial charge in [-0.15, -0.1) is 0 Å². The summed E-state index contributed by atoms with van der Waals surface area (Å²) >= 11 is 5.64. The van der Waals surface area contributed by atoms with Gasteiger partial charge in [-0.05, 0) is 42.0 Å². The normalized spacial score (nSPS) is 12.0. The van der Waals surface area contributed by atoms with Crippen LogP contribution in [0.4, 0.5) is 14.5 Å². The van der Waals surface area contributed by atoms with E-state index >= 15 is 0 Å². The van der Waals surface area contributed by atoms with E-state index in [1.807, 2.05) is 30.3 Å². The van der Waals surface area contributed by atoms with Crippen LogP contribution in [0.1, 0.15) is 11.7 Å². The zero-order valence-corrected chi connectivity index (χ0v) is 13.7. The van der Waals surface area contributed by atoms with Crippen LogP contribution in [0, 0.1) is 0 Å². The maximum Gasteiger partial charge on any atom is 0.288 e. The predicted molar refractivity (Wildman–Crippen MR) is 93.9 cm³/mol. The maximum atomic E-state index is 12.2. The lowest BCUT2D eigenvalue weighted by molar-refractivity contribution is 0.181. The van der Waals surface area contributed by atoms with Crippen molar-refractivity contribution in [2.45, 2.75) is 16.8 Å². The Balaban J connectivity index is 1.80. The molecule has 0 amide bonds. The van der Waals surface area contributed by atoms with Crippen molar-refractivity contribution < 1.29 is 13.9 Å². The summed E-state index contributed by atoms with van der Waals surface area (Å²) in [5.41, 5.74) is 1.49. The van der Waals surface area contributed by atoms with Gasteiger partial charge in [0, 0.05) is 17.1 Å². The number of thioether (sulfide) groups is 1. The van der Waals surface area contributed by atoms with E-state index in [4.69, 9.17) is 12.2 Å². The Morgan fingerprint density at radius 3 is 2.35 bits per heavy atom. The number of benzene rings is 2. The molecule has 0 fully saturated rings. The van der Waals surface area contributed by atoms with Gasteiger partial charge in [-0.3, -0.25) is 0 Å². The first-order valence-corrected chi connectivity index (χ1v) is 8.16. The van der Waals surface area contributed by atoms with Crippen LogP contribution < -0.4 is 10.6 Å². The second kappa shape index (κ2) is 8.81. The lowest BCUT2D eigenvalue weighted by atomic mass is 10.1. The monoisotopic (exact) mass is 354 g/mol. The second-order valence-corrected chi connectivity index (χ2v) is 6.14. The standard InChI is InChI=1S/C16H16F2N2OS2/c17-15(18)23-13-8-6-12(7-9-13)20-16(22)19-10-14(21)11-4-2-1-3-5-11/h1-9,14-15,21H,10H2,(H2,19,20,22)/t14-/m1/s1. The van der Waals surface area contributed by atoms with E-state index in [0.717, 1.165) is 5.56 Å².